The summed E-state index contributed by atoms with van der Waals surface area (Å²) in [4.78, 5) is 42.6. The van der Waals surface area contributed by atoms with Gasteiger partial charge in [0.1, 0.15) is 12.3 Å². The smallest absolute Gasteiger partial charge is 0.265 e. The quantitative estimate of drug-likeness (QED) is 0.401. The van der Waals surface area contributed by atoms with E-state index >= 15 is 0 Å². The first-order valence-corrected chi connectivity index (χ1v) is 12.8. The number of fused-ring (bicyclic) bond motifs is 1. The van der Waals surface area contributed by atoms with Crippen molar-refractivity contribution < 1.29 is 19.1 Å². The van der Waals surface area contributed by atoms with E-state index in [1.807, 2.05) is 53.4 Å². The highest BCUT2D eigenvalue weighted by atomic mass is 79.9. The van der Waals surface area contributed by atoms with E-state index in [0.717, 1.165) is 33.6 Å². The zero-order chi connectivity index (χ0) is 24.1. The number of benzene rings is 2. The van der Waals surface area contributed by atoms with E-state index in [1.165, 1.54) is 16.7 Å². The first kappa shape index (κ1) is 24.3. The Kier molecular flexibility index (Phi) is 7.95. The Morgan fingerprint density at radius 1 is 1.24 bits per heavy atom. The summed E-state index contributed by atoms with van der Waals surface area (Å²) in [5.74, 6) is 0.452. The molecule has 2 aliphatic heterocycles. The minimum atomic E-state index is -0.227. The predicted molar refractivity (Wildman–Crippen MR) is 137 cm³/mol. The topological polar surface area (TPSA) is 79.0 Å². The number of nitrogens with zero attached hydrogens (tertiary/aromatic N) is 2. The minimum Gasteiger partial charge on any atom is -0.496 e. The lowest BCUT2D eigenvalue weighted by Crippen LogP contribution is -2.43. The third-order valence-corrected chi connectivity index (χ3v) is 7.40. The summed E-state index contributed by atoms with van der Waals surface area (Å²) in [6.45, 7) is 1.83. The number of rotatable bonds is 8. The molecule has 0 radical (unpaired) electrons. The third kappa shape index (κ3) is 5.64. The average Bonchev–Trinajstić information content (AvgIpc) is 3.24. The van der Waals surface area contributed by atoms with Crippen LogP contribution >= 0.6 is 27.7 Å². The van der Waals surface area contributed by atoms with Gasteiger partial charge in [0.05, 0.1) is 22.2 Å². The van der Waals surface area contributed by atoms with Crippen molar-refractivity contribution in [2.24, 2.45) is 0 Å². The Balaban J connectivity index is 1.44. The molecule has 0 unspecified atom stereocenters. The zero-order valence-corrected chi connectivity index (χ0v) is 21.3. The number of para-hydroxylation sites is 1. The van der Waals surface area contributed by atoms with Crippen LogP contribution in [0.1, 0.15) is 24.8 Å². The van der Waals surface area contributed by atoms with Crippen LogP contribution in [0.5, 0.6) is 5.75 Å². The molecule has 1 fully saturated rings. The lowest BCUT2D eigenvalue weighted by molar-refractivity contribution is -0.127. The van der Waals surface area contributed by atoms with E-state index in [1.54, 1.807) is 7.11 Å². The summed E-state index contributed by atoms with van der Waals surface area (Å²) in [6.07, 6.45) is 4.04. The average molecular weight is 544 g/mol. The van der Waals surface area contributed by atoms with Gasteiger partial charge in [-0.3, -0.25) is 19.3 Å². The molecular weight excluding hydrogens is 518 g/mol. The summed E-state index contributed by atoms with van der Waals surface area (Å²) in [5, 5.41) is 2.89. The molecule has 0 aromatic heterocycles. The van der Waals surface area contributed by atoms with Gasteiger partial charge in [0, 0.05) is 31.0 Å². The highest BCUT2D eigenvalue weighted by Gasteiger charge is 2.30. The van der Waals surface area contributed by atoms with Crippen LogP contribution in [-0.4, -0.2) is 55.9 Å². The first-order valence-electron chi connectivity index (χ1n) is 11.1. The maximum absolute atomic E-state index is 13.4. The SMILES string of the molecule is COc1ccc(C=C2Sc3ccccc3N(CC(=O)NCCCN3CCCC3=O)C2=O)cc1Br. The van der Waals surface area contributed by atoms with Gasteiger partial charge in [-0.25, -0.2) is 0 Å². The van der Waals surface area contributed by atoms with Crippen molar-refractivity contribution >= 4 is 57.2 Å². The molecule has 1 N–H and O–H groups in total. The molecule has 3 amide bonds. The molecule has 7 nitrogen and oxygen atoms in total. The van der Waals surface area contributed by atoms with Crippen LogP contribution in [0.15, 0.2) is 56.7 Å². The molecule has 1 saturated heterocycles. The molecule has 0 spiro atoms. The molecule has 0 bridgehead atoms. The number of nitrogens with one attached hydrogen (secondary N) is 1. The van der Waals surface area contributed by atoms with Crippen molar-refractivity contribution in [2.45, 2.75) is 24.2 Å². The summed E-state index contributed by atoms with van der Waals surface area (Å²) in [6, 6.07) is 13.2. The Labute approximate surface area is 211 Å². The van der Waals surface area contributed by atoms with E-state index in [0.29, 0.717) is 36.6 Å². The van der Waals surface area contributed by atoms with E-state index in [9.17, 15) is 14.4 Å². The number of methoxy groups -OCH3 is 1. The number of hydrogen-bond acceptors (Lipinski definition) is 5. The largest absolute Gasteiger partial charge is 0.496 e. The number of thioether (sulfide) groups is 1. The normalized spacial score (nSPS) is 16.7. The fraction of sp³-hybridized carbons (Fsp3) is 0.320. The van der Waals surface area contributed by atoms with Crippen molar-refractivity contribution in [3.05, 3.63) is 57.4 Å². The fourth-order valence-electron chi connectivity index (χ4n) is 3.98. The number of amides is 3. The lowest BCUT2D eigenvalue weighted by atomic mass is 10.2. The van der Waals surface area contributed by atoms with Gasteiger partial charge >= 0.3 is 0 Å². The van der Waals surface area contributed by atoms with Gasteiger partial charge in [-0.2, -0.15) is 0 Å². The van der Waals surface area contributed by atoms with Crippen LogP contribution in [0, 0.1) is 0 Å². The summed E-state index contributed by atoms with van der Waals surface area (Å²) in [7, 11) is 1.60. The van der Waals surface area contributed by atoms with Crippen LogP contribution in [0.3, 0.4) is 0 Å². The summed E-state index contributed by atoms with van der Waals surface area (Å²) in [5.41, 5.74) is 1.58. The standard InChI is InChI=1S/C25H26BrN3O4S/c1-33-20-10-9-17(14-18(20)26)15-22-25(32)29(19-6-2-3-7-21(19)34-22)16-23(30)27-11-5-13-28-12-4-8-24(28)31/h2-3,6-7,9-10,14-15H,4-5,8,11-13,16H2,1H3,(H,27,30). The third-order valence-electron chi connectivity index (χ3n) is 5.71. The fourth-order valence-corrected chi connectivity index (χ4v) is 5.60. The van der Waals surface area contributed by atoms with Crippen LogP contribution in [-0.2, 0) is 14.4 Å². The summed E-state index contributed by atoms with van der Waals surface area (Å²) < 4.78 is 6.08. The van der Waals surface area contributed by atoms with Crippen molar-refractivity contribution in [1.29, 1.82) is 0 Å². The van der Waals surface area contributed by atoms with Crippen LogP contribution in [0.25, 0.3) is 6.08 Å². The van der Waals surface area contributed by atoms with Crippen LogP contribution < -0.4 is 15.0 Å². The van der Waals surface area contributed by atoms with E-state index in [2.05, 4.69) is 21.2 Å². The van der Waals surface area contributed by atoms with Crippen molar-refractivity contribution in [2.75, 3.05) is 38.2 Å². The zero-order valence-electron chi connectivity index (χ0n) is 18.9. The predicted octanol–water partition coefficient (Wildman–Crippen LogP) is 4.07. The Morgan fingerprint density at radius 3 is 2.79 bits per heavy atom. The van der Waals surface area contributed by atoms with Gasteiger partial charge < -0.3 is 15.0 Å². The molecule has 178 valence electrons. The van der Waals surface area contributed by atoms with Gasteiger partial charge in [0.2, 0.25) is 11.8 Å². The number of anilines is 1. The molecule has 2 heterocycles. The molecule has 34 heavy (non-hydrogen) atoms. The second-order valence-corrected chi connectivity index (χ2v) is 9.99. The number of hydrogen-bond donors (Lipinski definition) is 1. The Hall–Kier alpha value is -2.78. The van der Waals surface area contributed by atoms with Gasteiger partial charge in [0.15, 0.2) is 0 Å². The minimum absolute atomic E-state index is 0.0668. The Morgan fingerprint density at radius 2 is 2.06 bits per heavy atom. The van der Waals surface area contributed by atoms with Crippen molar-refractivity contribution in [3.8, 4) is 5.75 Å². The summed E-state index contributed by atoms with van der Waals surface area (Å²) >= 11 is 4.88. The molecule has 9 heteroatoms. The second kappa shape index (κ2) is 11.1. The number of carbonyl (C=O) groups excluding carboxylic acids is 3. The number of carbonyl (C=O) groups is 3. The number of likely N-dealkylation sites (tertiary alicyclic amines) is 1. The highest BCUT2D eigenvalue weighted by molar-refractivity contribution is 9.10. The lowest BCUT2D eigenvalue weighted by Gasteiger charge is -2.30. The maximum Gasteiger partial charge on any atom is 0.265 e. The van der Waals surface area contributed by atoms with Crippen molar-refractivity contribution in [3.63, 3.8) is 0 Å². The van der Waals surface area contributed by atoms with Gasteiger partial charge in [-0.15, -0.1) is 0 Å². The first-order chi connectivity index (χ1) is 16.5. The molecule has 0 atom stereocenters. The van der Waals surface area contributed by atoms with Crippen LogP contribution in [0.2, 0.25) is 0 Å². The van der Waals surface area contributed by atoms with E-state index in [4.69, 9.17) is 4.74 Å². The molecule has 0 aliphatic carbocycles. The van der Waals surface area contributed by atoms with Crippen molar-refractivity contribution in [1.82, 2.24) is 10.2 Å². The van der Waals surface area contributed by atoms with Crippen LogP contribution in [0.4, 0.5) is 5.69 Å². The highest BCUT2D eigenvalue weighted by Crippen LogP contribution is 2.42. The van der Waals surface area contributed by atoms with E-state index < -0.39 is 0 Å². The number of halogens is 1. The molecule has 2 aromatic rings. The molecule has 2 aromatic carbocycles. The number of ether oxygens (including phenoxy) is 1. The Bertz CT molecular complexity index is 1140. The molecular formula is C25H26BrN3O4S. The maximum atomic E-state index is 13.4. The van der Waals surface area contributed by atoms with Gasteiger partial charge in [-0.05, 0) is 64.7 Å². The molecule has 2 aliphatic rings. The second-order valence-electron chi connectivity index (χ2n) is 8.05. The molecule has 4 rings (SSSR count). The van der Waals surface area contributed by atoms with Gasteiger partial charge in [0.25, 0.3) is 5.91 Å². The molecule has 0 saturated carbocycles. The monoisotopic (exact) mass is 543 g/mol. The van der Waals surface area contributed by atoms with E-state index in [-0.39, 0.29) is 24.3 Å². The van der Waals surface area contributed by atoms with Gasteiger partial charge in [-0.1, -0.05) is 30.0 Å².